The summed E-state index contributed by atoms with van der Waals surface area (Å²) in [6, 6.07) is 1.84. The molecule has 0 aliphatic heterocycles. The number of halogens is 1. The average molecular weight is 280 g/mol. The summed E-state index contributed by atoms with van der Waals surface area (Å²) in [5.74, 6) is 0. The summed E-state index contributed by atoms with van der Waals surface area (Å²) in [5, 5.41) is 15.4. The molecule has 0 spiro atoms. The Balaban J connectivity index is 2.29. The molecule has 2 rings (SSSR count). The zero-order valence-corrected chi connectivity index (χ0v) is 12.1. The number of aliphatic hydroxyl groups is 1. The number of nitrogens with zero attached hydrogens (tertiary/aromatic N) is 3. The van der Waals surface area contributed by atoms with Gasteiger partial charge in [0.15, 0.2) is 0 Å². The van der Waals surface area contributed by atoms with Crippen LogP contribution in [0, 0.1) is 13.8 Å². The van der Waals surface area contributed by atoms with Crippen LogP contribution < -0.4 is 0 Å². The lowest BCUT2D eigenvalue weighted by Crippen LogP contribution is -2.10. The van der Waals surface area contributed by atoms with Crippen molar-refractivity contribution in [3.8, 4) is 0 Å². The second-order valence-corrected chi connectivity index (χ2v) is 4.99. The van der Waals surface area contributed by atoms with E-state index in [1.165, 1.54) is 0 Å². The number of rotatable bonds is 4. The number of aryl methyl sites for hydroxylation is 3. The normalized spacial score (nSPS) is 12.7. The van der Waals surface area contributed by atoms with Crippen LogP contribution in [0.5, 0.6) is 0 Å². The molecule has 1 unspecified atom stereocenters. The summed E-state index contributed by atoms with van der Waals surface area (Å²) >= 11 is 6.26. The predicted molar refractivity (Wildman–Crippen MR) is 75.3 cm³/mol. The van der Waals surface area contributed by atoms with Crippen LogP contribution in [-0.4, -0.2) is 19.9 Å². The molecule has 4 nitrogen and oxygen atoms in total. The van der Waals surface area contributed by atoms with Crippen molar-refractivity contribution in [2.24, 2.45) is 0 Å². The van der Waals surface area contributed by atoms with Gasteiger partial charge in [0.1, 0.15) is 0 Å². The molecular weight excluding hydrogens is 262 g/mol. The van der Waals surface area contributed by atoms with E-state index in [0.29, 0.717) is 11.4 Å². The fraction of sp³-hybridized carbons (Fsp3) is 0.429. The van der Waals surface area contributed by atoms with Crippen molar-refractivity contribution in [1.29, 1.82) is 0 Å². The van der Waals surface area contributed by atoms with Crippen LogP contribution in [0.15, 0.2) is 18.5 Å². The van der Waals surface area contributed by atoms with Crippen molar-refractivity contribution in [1.82, 2.24) is 14.8 Å². The highest BCUT2D eigenvalue weighted by molar-refractivity contribution is 6.31. The molecule has 2 heterocycles. The van der Waals surface area contributed by atoms with Gasteiger partial charge in [-0.1, -0.05) is 11.6 Å². The number of aromatic nitrogens is 3. The molecule has 1 atom stereocenters. The largest absolute Gasteiger partial charge is 0.388 e. The van der Waals surface area contributed by atoms with E-state index in [4.69, 9.17) is 11.6 Å². The Bertz CT molecular complexity index is 580. The van der Waals surface area contributed by atoms with Gasteiger partial charge in [-0.3, -0.25) is 9.67 Å². The molecule has 0 saturated heterocycles. The van der Waals surface area contributed by atoms with E-state index >= 15 is 0 Å². The summed E-state index contributed by atoms with van der Waals surface area (Å²) in [6.07, 6.45) is 3.30. The maximum atomic E-state index is 10.4. The maximum Gasteiger partial charge on any atom is 0.0849 e. The van der Waals surface area contributed by atoms with Crippen molar-refractivity contribution in [2.45, 2.75) is 39.8 Å². The molecule has 0 aliphatic rings. The Morgan fingerprint density at radius 2 is 2.16 bits per heavy atom. The minimum absolute atomic E-state index is 0.457. The quantitative estimate of drug-likeness (QED) is 0.936. The third-order valence-electron chi connectivity index (χ3n) is 3.26. The summed E-state index contributed by atoms with van der Waals surface area (Å²) in [4.78, 5) is 4.04. The monoisotopic (exact) mass is 279 g/mol. The van der Waals surface area contributed by atoms with Crippen LogP contribution in [0.3, 0.4) is 0 Å². The van der Waals surface area contributed by atoms with Crippen molar-refractivity contribution in [3.05, 3.63) is 46.0 Å². The number of hydrogen-bond acceptors (Lipinski definition) is 3. The molecule has 19 heavy (non-hydrogen) atoms. The first-order chi connectivity index (χ1) is 9.04. The van der Waals surface area contributed by atoms with E-state index in [1.807, 2.05) is 31.5 Å². The average Bonchev–Trinajstić information content (AvgIpc) is 2.67. The SMILES string of the molecule is CCn1nc(C)c(Cl)c1CC(O)c1ccncc1C. The third-order valence-corrected chi connectivity index (χ3v) is 3.75. The van der Waals surface area contributed by atoms with Crippen LogP contribution in [0.4, 0.5) is 0 Å². The second kappa shape index (κ2) is 5.72. The number of pyridine rings is 1. The Labute approximate surface area is 118 Å². The van der Waals surface area contributed by atoms with E-state index in [1.54, 1.807) is 12.4 Å². The van der Waals surface area contributed by atoms with Gasteiger partial charge >= 0.3 is 0 Å². The Morgan fingerprint density at radius 1 is 1.42 bits per heavy atom. The lowest BCUT2D eigenvalue weighted by Gasteiger charge is -2.14. The molecular formula is C14H18ClN3O. The van der Waals surface area contributed by atoms with Gasteiger partial charge in [-0.25, -0.2) is 0 Å². The van der Waals surface area contributed by atoms with E-state index in [9.17, 15) is 5.11 Å². The molecule has 1 N–H and O–H groups in total. The van der Waals surface area contributed by atoms with E-state index in [0.717, 1.165) is 29.1 Å². The first-order valence-corrected chi connectivity index (χ1v) is 6.72. The van der Waals surface area contributed by atoms with Gasteiger partial charge in [0.2, 0.25) is 0 Å². The zero-order valence-electron chi connectivity index (χ0n) is 11.4. The summed E-state index contributed by atoms with van der Waals surface area (Å²) in [7, 11) is 0. The van der Waals surface area contributed by atoms with Crippen molar-refractivity contribution >= 4 is 11.6 Å². The van der Waals surface area contributed by atoms with Crippen LogP contribution in [0.1, 0.15) is 35.5 Å². The second-order valence-electron chi connectivity index (χ2n) is 4.61. The molecule has 102 valence electrons. The van der Waals surface area contributed by atoms with Crippen LogP contribution in [0.25, 0.3) is 0 Å². The molecule has 0 amide bonds. The predicted octanol–water partition coefficient (Wildman–Crippen LogP) is 2.84. The highest BCUT2D eigenvalue weighted by Crippen LogP contribution is 2.27. The van der Waals surface area contributed by atoms with Crippen LogP contribution >= 0.6 is 11.6 Å². The van der Waals surface area contributed by atoms with Gasteiger partial charge in [-0.05, 0) is 38.0 Å². The minimum atomic E-state index is -0.595. The molecule has 2 aromatic heterocycles. The van der Waals surface area contributed by atoms with Crippen LogP contribution in [0.2, 0.25) is 5.02 Å². The first-order valence-electron chi connectivity index (χ1n) is 6.35. The van der Waals surface area contributed by atoms with Crippen LogP contribution in [-0.2, 0) is 13.0 Å². The smallest absolute Gasteiger partial charge is 0.0849 e. The topological polar surface area (TPSA) is 50.9 Å². The Kier molecular flexibility index (Phi) is 4.22. The lowest BCUT2D eigenvalue weighted by molar-refractivity contribution is 0.174. The molecule has 0 saturated carbocycles. The Morgan fingerprint density at radius 3 is 2.79 bits per heavy atom. The number of hydrogen-bond donors (Lipinski definition) is 1. The van der Waals surface area contributed by atoms with Gasteiger partial charge in [0.05, 0.1) is 22.5 Å². The van der Waals surface area contributed by atoms with Gasteiger partial charge in [0.25, 0.3) is 0 Å². The van der Waals surface area contributed by atoms with Gasteiger partial charge in [-0.15, -0.1) is 0 Å². The molecule has 0 bridgehead atoms. The molecule has 5 heteroatoms. The highest BCUT2D eigenvalue weighted by atomic mass is 35.5. The van der Waals surface area contributed by atoms with E-state index < -0.39 is 6.10 Å². The molecule has 0 fully saturated rings. The summed E-state index contributed by atoms with van der Waals surface area (Å²) < 4.78 is 1.84. The minimum Gasteiger partial charge on any atom is -0.388 e. The van der Waals surface area contributed by atoms with Crippen molar-refractivity contribution < 1.29 is 5.11 Å². The fourth-order valence-electron chi connectivity index (χ4n) is 2.22. The molecule has 2 aromatic rings. The maximum absolute atomic E-state index is 10.4. The summed E-state index contributed by atoms with van der Waals surface area (Å²) in [5.41, 5.74) is 3.54. The molecule has 0 aliphatic carbocycles. The number of aliphatic hydroxyl groups excluding tert-OH is 1. The highest BCUT2D eigenvalue weighted by Gasteiger charge is 2.18. The fourth-order valence-corrected chi connectivity index (χ4v) is 2.43. The van der Waals surface area contributed by atoms with E-state index in [2.05, 4.69) is 10.1 Å². The van der Waals surface area contributed by atoms with Gasteiger partial charge in [0, 0.05) is 25.4 Å². The Hall–Kier alpha value is -1.39. The van der Waals surface area contributed by atoms with E-state index in [-0.39, 0.29) is 0 Å². The third kappa shape index (κ3) is 2.80. The zero-order chi connectivity index (χ0) is 14.0. The molecule has 0 aromatic carbocycles. The molecule has 0 radical (unpaired) electrons. The standard InChI is InChI=1S/C14H18ClN3O/c1-4-18-12(14(15)10(3)17-18)7-13(19)11-5-6-16-8-9(11)2/h5-6,8,13,19H,4,7H2,1-3H3. The lowest BCUT2D eigenvalue weighted by atomic mass is 10.0. The van der Waals surface area contributed by atoms with Gasteiger partial charge in [-0.2, -0.15) is 5.10 Å². The van der Waals surface area contributed by atoms with Gasteiger partial charge < -0.3 is 5.11 Å². The first kappa shape index (κ1) is 14.0. The van der Waals surface area contributed by atoms with Crippen molar-refractivity contribution in [2.75, 3.05) is 0 Å². The summed E-state index contributed by atoms with van der Waals surface area (Å²) in [6.45, 7) is 6.57. The van der Waals surface area contributed by atoms with Crippen molar-refractivity contribution in [3.63, 3.8) is 0 Å².